The Hall–Kier alpha value is -1.56. The van der Waals surface area contributed by atoms with Gasteiger partial charge in [0.2, 0.25) is 5.91 Å². The van der Waals surface area contributed by atoms with Crippen LogP contribution in [-0.4, -0.2) is 53.0 Å². The summed E-state index contributed by atoms with van der Waals surface area (Å²) in [7, 11) is 0. The van der Waals surface area contributed by atoms with E-state index in [0.29, 0.717) is 23.1 Å². The quantitative estimate of drug-likeness (QED) is 0.777. The monoisotopic (exact) mass is 408 g/mol. The Labute approximate surface area is 168 Å². The molecule has 5 nitrogen and oxygen atoms in total. The van der Waals surface area contributed by atoms with E-state index >= 15 is 0 Å². The highest BCUT2D eigenvalue weighted by molar-refractivity contribution is 6.42. The number of benzene rings is 1. The third-order valence-electron chi connectivity index (χ3n) is 6.10. The maximum atomic E-state index is 13.0. The Balaban J connectivity index is 1.36. The van der Waals surface area contributed by atoms with Gasteiger partial charge < -0.3 is 10.0 Å². The number of carboxylic acids is 1. The highest BCUT2D eigenvalue weighted by Crippen LogP contribution is 2.48. The van der Waals surface area contributed by atoms with Crippen molar-refractivity contribution in [3.8, 4) is 0 Å². The number of amides is 1. The SMILES string of the molecule is O=C(O)[C@@H]1[C@@H](C(=O)N2CCN(Cc3ccc(Cl)c(Cl)c3)CC2)[C@H]2C=C[C@@H]1C2. The molecule has 27 heavy (non-hydrogen) atoms. The molecule has 2 aliphatic carbocycles. The molecule has 4 atom stereocenters. The van der Waals surface area contributed by atoms with Crippen LogP contribution in [0.5, 0.6) is 0 Å². The minimum Gasteiger partial charge on any atom is -0.481 e. The summed E-state index contributed by atoms with van der Waals surface area (Å²) in [6.45, 7) is 3.54. The second-order valence-electron chi connectivity index (χ2n) is 7.69. The average Bonchev–Trinajstić information content (AvgIpc) is 3.26. The number of carboxylic acid groups (broad SMARTS) is 1. The average molecular weight is 409 g/mol. The minimum absolute atomic E-state index is 0.00781. The lowest BCUT2D eigenvalue weighted by Gasteiger charge is -2.37. The fraction of sp³-hybridized carbons (Fsp3) is 0.500. The lowest BCUT2D eigenvalue weighted by molar-refractivity contribution is -0.151. The van der Waals surface area contributed by atoms with Crippen LogP contribution >= 0.6 is 23.2 Å². The van der Waals surface area contributed by atoms with Crippen LogP contribution in [0.2, 0.25) is 10.0 Å². The number of rotatable bonds is 4. The highest BCUT2D eigenvalue weighted by atomic mass is 35.5. The van der Waals surface area contributed by atoms with Gasteiger partial charge in [0.05, 0.1) is 21.9 Å². The Kier molecular flexibility index (Phi) is 5.19. The molecule has 3 aliphatic rings. The lowest BCUT2D eigenvalue weighted by atomic mass is 9.82. The summed E-state index contributed by atoms with van der Waals surface area (Å²) in [5.74, 6) is -1.71. The number of carbonyl (C=O) groups is 2. The first-order chi connectivity index (χ1) is 12.9. The van der Waals surface area contributed by atoms with Crippen molar-refractivity contribution >= 4 is 35.1 Å². The summed E-state index contributed by atoms with van der Waals surface area (Å²) in [6, 6.07) is 5.64. The zero-order valence-electron chi connectivity index (χ0n) is 14.9. The minimum atomic E-state index is -0.844. The van der Waals surface area contributed by atoms with E-state index in [1.54, 1.807) is 6.07 Å². The fourth-order valence-corrected chi connectivity index (χ4v) is 5.05. The van der Waals surface area contributed by atoms with Gasteiger partial charge in [-0.1, -0.05) is 41.4 Å². The van der Waals surface area contributed by atoms with Crippen LogP contribution in [0.25, 0.3) is 0 Å². The van der Waals surface area contributed by atoms with E-state index < -0.39 is 17.8 Å². The Morgan fingerprint density at radius 2 is 1.67 bits per heavy atom. The van der Waals surface area contributed by atoms with Gasteiger partial charge in [0, 0.05) is 32.7 Å². The first-order valence-electron chi connectivity index (χ1n) is 9.30. The molecule has 4 rings (SSSR count). The molecule has 2 fully saturated rings. The van der Waals surface area contributed by atoms with Gasteiger partial charge in [-0.25, -0.2) is 0 Å². The molecule has 0 radical (unpaired) electrons. The molecule has 1 saturated carbocycles. The number of hydrogen-bond acceptors (Lipinski definition) is 3. The van der Waals surface area contributed by atoms with Crippen LogP contribution in [0.3, 0.4) is 0 Å². The number of hydrogen-bond donors (Lipinski definition) is 1. The third kappa shape index (κ3) is 3.60. The molecule has 144 valence electrons. The molecule has 1 saturated heterocycles. The van der Waals surface area contributed by atoms with Crippen LogP contribution in [-0.2, 0) is 16.1 Å². The van der Waals surface area contributed by atoms with E-state index in [0.717, 1.165) is 31.6 Å². The summed E-state index contributed by atoms with van der Waals surface area (Å²) < 4.78 is 0. The van der Waals surface area contributed by atoms with Crippen LogP contribution in [0.1, 0.15) is 12.0 Å². The number of aliphatic carboxylic acids is 1. The van der Waals surface area contributed by atoms with Crippen LogP contribution in [0.4, 0.5) is 0 Å². The normalized spacial score (nSPS) is 30.1. The first kappa shape index (κ1) is 18.8. The number of allylic oxidation sites excluding steroid dienone is 2. The van der Waals surface area contributed by atoms with Crippen molar-refractivity contribution in [3.05, 3.63) is 46.0 Å². The molecule has 1 heterocycles. The number of carbonyl (C=O) groups excluding carboxylic acids is 1. The topological polar surface area (TPSA) is 60.9 Å². The highest BCUT2D eigenvalue weighted by Gasteiger charge is 2.52. The Bertz CT molecular complexity index is 789. The van der Waals surface area contributed by atoms with Crippen molar-refractivity contribution in [1.82, 2.24) is 9.80 Å². The van der Waals surface area contributed by atoms with E-state index in [2.05, 4.69) is 4.90 Å². The van der Waals surface area contributed by atoms with Crippen molar-refractivity contribution in [2.75, 3.05) is 26.2 Å². The smallest absolute Gasteiger partial charge is 0.307 e. The van der Waals surface area contributed by atoms with Gasteiger partial charge >= 0.3 is 5.97 Å². The first-order valence-corrected chi connectivity index (χ1v) is 10.1. The second-order valence-corrected chi connectivity index (χ2v) is 8.50. The van der Waals surface area contributed by atoms with E-state index in [1.165, 1.54) is 0 Å². The van der Waals surface area contributed by atoms with Gasteiger partial charge in [0.25, 0.3) is 0 Å². The summed E-state index contributed by atoms with van der Waals surface area (Å²) >= 11 is 12.0. The number of halogens is 2. The van der Waals surface area contributed by atoms with Gasteiger partial charge in [-0.05, 0) is 36.0 Å². The molecule has 7 heteroatoms. The van der Waals surface area contributed by atoms with Gasteiger partial charge in [-0.2, -0.15) is 0 Å². The molecule has 0 spiro atoms. The van der Waals surface area contributed by atoms with Crippen molar-refractivity contribution < 1.29 is 14.7 Å². The number of piperazine rings is 1. The largest absolute Gasteiger partial charge is 0.481 e. The van der Waals surface area contributed by atoms with Gasteiger partial charge in [-0.3, -0.25) is 14.5 Å². The maximum Gasteiger partial charge on any atom is 0.307 e. The van der Waals surface area contributed by atoms with Crippen molar-refractivity contribution in [1.29, 1.82) is 0 Å². The Morgan fingerprint density at radius 1 is 1.00 bits per heavy atom. The zero-order chi connectivity index (χ0) is 19.1. The van der Waals surface area contributed by atoms with Gasteiger partial charge in [0.1, 0.15) is 0 Å². The zero-order valence-corrected chi connectivity index (χ0v) is 16.4. The summed E-state index contributed by atoms with van der Waals surface area (Å²) in [5.41, 5.74) is 1.09. The second kappa shape index (κ2) is 7.46. The van der Waals surface area contributed by atoms with E-state index in [-0.39, 0.29) is 17.7 Å². The van der Waals surface area contributed by atoms with Crippen LogP contribution in [0, 0.1) is 23.7 Å². The molecule has 2 bridgehead atoms. The Morgan fingerprint density at radius 3 is 2.30 bits per heavy atom. The molecule has 1 amide bonds. The fourth-order valence-electron chi connectivity index (χ4n) is 4.73. The molecule has 0 unspecified atom stereocenters. The predicted molar refractivity (Wildman–Crippen MR) is 104 cm³/mol. The molecule has 0 aromatic heterocycles. The van der Waals surface area contributed by atoms with Crippen LogP contribution < -0.4 is 0 Å². The molecule has 1 aromatic carbocycles. The van der Waals surface area contributed by atoms with E-state index in [1.807, 2.05) is 29.2 Å². The lowest BCUT2D eigenvalue weighted by Crippen LogP contribution is -2.52. The summed E-state index contributed by atoms with van der Waals surface area (Å²) in [4.78, 5) is 28.8. The molecule has 1 aliphatic heterocycles. The molecular formula is C20H22Cl2N2O3. The van der Waals surface area contributed by atoms with Gasteiger partial charge in [0.15, 0.2) is 0 Å². The van der Waals surface area contributed by atoms with Gasteiger partial charge in [-0.15, -0.1) is 0 Å². The van der Waals surface area contributed by atoms with Crippen molar-refractivity contribution in [2.45, 2.75) is 13.0 Å². The molecule has 1 N–H and O–H groups in total. The summed E-state index contributed by atoms with van der Waals surface area (Å²) in [6.07, 6.45) is 4.81. The van der Waals surface area contributed by atoms with Crippen molar-refractivity contribution in [2.24, 2.45) is 23.7 Å². The number of nitrogens with zero attached hydrogens (tertiary/aromatic N) is 2. The van der Waals surface area contributed by atoms with E-state index in [4.69, 9.17) is 23.2 Å². The maximum absolute atomic E-state index is 13.0. The molecular weight excluding hydrogens is 387 g/mol. The molecule has 1 aromatic rings. The third-order valence-corrected chi connectivity index (χ3v) is 6.84. The van der Waals surface area contributed by atoms with Crippen LogP contribution in [0.15, 0.2) is 30.4 Å². The summed E-state index contributed by atoms with van der Waals surface area (Å²) in [5, 5.41) is 10.7. The standard InChI is InChI=1S/C20H22Cl2N2O3/c21-15-4-1-12(9-16(15)22)11-23-5-7-24(8-6-23)19(25)17-13-2-3-14(10-13)18(17)20(26)27/h1-4,9,13-14,17-18H,5-8,10-11H2,(H,26,27)/t13-,14+,17-,18-/m0/s1. The predicted octanol–water partition coefficient (Wildman–Crippen LogP) is 3.16. The van der Waals surface area contributed by atoms with E-state index in [9.17, 15) is 14.7 Å². The number of fused-ring (bicyclic) bond motifs is 2. The van der Waals surface area contributed by atoms with Crippen molar-refractivity contribution in [3.63, 3.8) is 0 Å².